The van der Waals surface area contributed by atoms with E-state index >= 15 is 0 Å². The number of nitrogens with zero attached hydrogens (tertiary/aromatic N) is 3. The van der Waals surface area contributed by atoms with E-state index < -0.39 is 21.6 Å². The fourth-order valence-electron chi connectivity index (χ4n) is 3.63. The van der Waals surface area contributed by atoms with Crippen LogP contribution in [-0.4, -0.2) is 61.4 Å². The second-order valence-corrected chi connectivity index (χ2v) is 9.66. The number of alkyl halides is 2. The zero-order valence-electron chi connectivity index (χ0n) is 16.0. The minimum Gasteiger partial charge on any atom is -0.381 e. The first-order chi connectivity index (χ1) is 12.6. The molecule has 0 unspecified atom stereocenters. The Kier molecular flexibility index (Phi) is 5.64. The molecule has 0 saturated carbocycles. The molecule has 0 atom stereocenters. The number of aromatic nitrogens is 2. The molecule has 3 rings (SSSR count). The zero-order chi connectivity index (χ0) is 19.9. The summed E-state index contributed by atoms with van der Waals surface area (Å²) in [6.07, 6.45) is 2.77. The Balaban J connectivity index is 1.66. The average molecular weight is 406 g/mol. The van der Waals surface area contributed by atoms with Crippen molar-refractivity contribution in [1.29, 1.82) is 0 Å². The van der Waals surface area contributed by atoms with Crippen LogP contribution in [0.3, 0.4) is 0 Å². The van der Waals surface area contributed by atoms with Crippen molar-refractivity contribution in [2.24, 2.45) is 12.5 Å². The Morgan fingerprint density at radius 2 is 2.00 bits per heavy atom. The molecule has 1 aromatic heterocycles. The molecule has 1 N–H and O–H groups in total. The van der Waals surface area contributed by atoms with Gasteiger partial charge in [0.25, 0.3) is 15.9 Å². The summed E-state index contributed by atoms with van der Waals surface area (Å²) >= 11 is 0. The quantitative estimate of drug-likeness (QED) is 0.746. The second kappa shape index (κ2) is 7.38. The maximum Gasteiger partial charge on any atom is 0.288 e. The van der Waals surface area contributed by atoms with E-state index in [-0.39, 0.29) is 10.4 Å². The molecule has 0 bridgehead atoms. The lowest BCUT2D eigenvalue weighted by atomic mass is 9.79. The Bertz CT molecular complexity index is 764. The van der Waals surface area contributed by atoms with Gasteiger partial charge in [0.1, 0.15) is 5.69 Å². The normalized spacial score (nSPS) is 22.0. The molecule has 0 aromatic carbocycles. The summed E-state index contributed by atoms with van der Waals surface area (Å²) < 4.78 is 60.4. The Morgan fingerprint density at radius 3 is 2.52 bits per heavy atom. The van der Waals surface area contributed by atoms with E-state index in [9.17, 15) is 17.2 Å². The molecule has 7 nitrogen and oxygen atoms in total. The molecule has 27 heavy (non-hydrogen) atoms. The predicted octanol–water partition coefficient (Wildman–Crippen LogP) is 1.70. The van der Waals surface area contributed by atoms with Crippen LogP contribution in [-0.2, 0) is 27.7 Å². The Hall–Kier alpha value is -1.10. The number of aryl methyl sites for hydroxylation is 1. The van der Waals surface area contributed by atoms with Crippen LogP contribution in [0.15, 0.2) is 11.1 Å². The first-order valence-electron chi connectivity index (χ1n) is 9.31. The number of hydrogen-bond donors (Lipinski definition) is 1. The minimum atomic E-state index is -3.84. The third-order valence-electron chi connectivity index (χ3n) is 5.65. The highest BCUT2D eigenvalue weighted by molar-refractivity contribution is 7.89. The molecule has 1 aromatic rings. The highest BCUT2D eigenvalue weighted by Crippen LogP contribution is 2.38. The largest absolute Gasteiger partial charge is 0.381 e. The van der Waals surface area contributed by atoms with Crippen LogP contribution in [0.1, 0.15) is 38.8 Å². The summed E-state index contributed by atoms with van der Waals surface area (Å²) in [5.41, 5.74) is -0.659. The summed E-state index contributed by atoms with van der Waals surface area (Å²) in [4.78, 5) is 0. The summed E-state index contributed by atoms with van der Waals surface area (Å²) in [5.74, 6) is -3.18. The lowest BCUT2D eigenvalue weighted by molar-refractivity contribution is 0.0122. The standard InChI is InChI=1S/C17H28F2N4O3S/c1-4-17(10-20-13-5-7-26-8-6-13)11-23(12-17)27(24,25)15-9-14(16(2,18)19)21-22(15)3/h9,13,20H,4-8,10-12H2,1-3H3. The van der Waals surface area contributed by atoms with Crippen molar-refractivity contribution in [2.45, 2.75) is 50.1 Å². The molecular weight excluding hydrogens is 378 g/mol. The zero-order valence-corrected chi connectivity index (χ0v) is 16.9. The highest BCUT2D eigenvalue weighted by Gasteiger charge is 2.48. The summed E-state index contributed by atoms with van der Waals surface area (Å²) in [6, 6.07) is 1.38. The van der Waals surface area contributed by atoms with Gasteiger partial charge in [0.15, 0.2) is 5.03 Å². The summed E-state index contributed by atoms with van der Waals surface area (Å²) in [5, 5.41) is 7.03. The highest BCUT2D eigenvalue weighted by atomic mass is 32.2. The SMILES string of the molecule is CCC1(CNC2CCOCC2)CN(S(=O)(=O)c2cc(C(C)(F)F)nn2C)C1. The number of nitrogens with one attached hydrogen (secondary N) is 1. The molecule has 0 spiro atoms. The third-order valence-corrected chi connectivity index (χ3v) is 7.50. The molecule has 3 heterocycles. The van der Waals surface area contributed by atoms with E-state index in [1.807, 2.05) is 0 Å². The van der Waals surface area contributed by atoms with Crippen molar-refractivity contribution in [2.75, 3.05) is 32.8 Å². The van der Waals surface area contributed by atoms with Crippen molar-refractivity contribution in [3.63, 3.8) is 0 Å². The van der Waals surface area contributed by atoms with Crippen LogP contribution in [0.25, 0.3) is 0 Å². The van der Waals surface area contributed by atoms with Crippen molar-refractivity contribution in [3.05, 3.63) is 11.8 Å². The van der Waals surface area contributed by atoms with Gasteiger partial charge in [-0.2, -0.15) is 18.2 Å². The van der Waals surface area contributed by atoms with Crippen LogP contribution >= 0.6 is 0 Å². The maximum absolute atomic E-state index is 13.5. The summed E-state index contributed by atoms with van der Waals surface area (Å²) in [7, 11) is -2.47. The Labute approximate surface area is 159 Å². The molecule has 2 saturated heterocycles. The lowest BCUT2D eigenvalue weighted by Crippen LogP contribution is -2.62. The number of halogens is 2. The third kappa shape index (κ3) is 4.18. The number of ether oxygens (including phenoxy) is 1. The number of rotatable bonds is 7. The fourth-order valence-corrected chi connectivity index (χ4v) is 5.42. The van der Waals surface area contributed by atoms with Crippen molar-refractivity contribution < 1.29 is 21.9 Å². The molecule has 2 aliphatic heterocycles. The first-order valence-corrected chi connectivity index (χ1v) is 10.7. The fraction of sp³-hybridized carbons (Fsp3) is 0.824. The van der Waals surface area contributed by atoms with Gasteiger partial charge in [-0.15, -0.1) is 0 Å². The molecule has 0 amide bonds. The van der Waals surface area contributed by atoms with E-state index in [1.54, 1.807) is 0 Å². The van der Waals surface area contributed by atoms with Gasteiger partial charge in [-0.25, -0.2) is 8.42 Å². The monoisotopic (exact) mass is 406 g/mol. The van der Waals surface area contributed by atoms with Gasteiger partial charge >= 0.3 is 0 Å². The smallest absolute Gasteiger partial charge is 0.288 e. The van der Waals surface area contributed by atoms with Crippen LogP contribution in [0.4, 0.5) is 8.78 Å². The number of sulfonamides is 1. The molecule has 154 valence electrons. The van der Waals surface area contributed by atoms with Crippen LogP contribution in [0, 0.1) is 5.41 Å². The van der Waals surface area contributed by atoms with E-state index in [1.165, 1.54) is 11.4 Å². The summed E-state index contributed by atoms with van der Waals surface area (Å²) in [6.45, 7) is 5.76. The van der Waals surface area contributed by atoms with E-state index in [2.05, 4.69) is 17.3 Å². The van der Waals surface area contributed by atoms with Crippen LogP contribution in [0.2, 0.25) is 0 Å². The van der Waals surface area contributed by atoms with Gasteiger partial charge in [0, 0.05) is 64.3 Å². The molecule has 0 radical (unpaired) electrons. The van der Waals surface area contributed by atoms with Gasteiger partial charge in [0.2, 0.25) is 0 Å². The molecule has 10 heteroatoms. The van der Waals surface area contributed by atoms with Crippen molar-refractivity contribution in [1.82, 2.24) is 19.4 Å². The van der Waals surface area contributed by atoms with Gasteiger partial charge in [-0.05, 0) is 19.3 Å². The minimum absolute atomic E-state index is 0.124. The first kappa shape index (κ1) is 20.6. The lowest BCUT2D eigenvalue weighted by Gasteiger charge is -2.49. The Morgan fingerprint density at radius 1 is 1.37 bits per heavy atom. The topological polar surface area (TPSA) is 76.5 Å². The van der Waals surface area contributed by atoms with Gasteiger partial charge in [-0.1, -0.05) is 6.92 Å². The molecular formula is C17H28F2N4O3S. The van der Waals surface area contributed by atoms with Gasteiger partial charge < -0.3 is 10.1 Å². The van der Waals surface area contributed by atoms with Gasteiger partial charge in [0.05, 0.1) is 0 Å². The maximum atomic E-state index is 13.5. The molecule has 2 fully saturated rings. The molecule has 0 aliphatic carbocycles. The average Bonchev–Trinajstić information content (AvgIpc) is 2.98. The van der Waals surface area contributed by atoms with Gasteiger partial charge in [-0.3, -0.25) is 4.68 Å². The van der Waals surface area contributed by atoms with Crippen molar-refractivity contribution in [3.8, 4) is 0 Å². The van der Waals surface area contributed by atoms with E-state index in [4.69, 9.17) is 4.74 Å². The number of hydrogen-bond acceptors (Lipinski definition) is 5. The molecule has 2 aliphatic rings. The van der Waals surface area contributed by atoms with Crippen LogP contribution in [0.5, 0.6) is 0 Å². The van der Waals surface area contributed by atoms with E-state index in [0.717, 1.165) is 49.8 Å². The predicted molar refractivity (Wildman–Crippen MR) is 96.1 cm³/mol. The second-order valence-electron chi connectivity index (χ2n) is 7.77. The van der Waals surface area contributed by atoms with Crippen LogP contribution < -0.4 is 5.32 Å². The van der Waals surface area contributed by atoms with Crippen molar-refractivity contribution >= 4 is 10.0 Å². The van der Waals surface area contributed by atoms with E-state index in [0.29, 0.717) is 26.1 Å².